The van der Waals surface area contributed by atoms with Crippen LogP contribution >= 0.6 is 23.1 Å². The summed E-state index contributed by atoms with van der Waals surface area (Å²) in [5.74, 6) is 0.741. The average Bonchev–Trinajstić information content (AvgIpc) is 3.04. The molecule has 0 unspecified atom stereocenters. The molecule has 3 heterocycles. The maximum atomic E-state index is 12.5. The molecule has 1 N–H and O–H groups in total. The molecule has 148 valence electrons. The third-order valence-electron chi connectivity index (χ3n) is 4.53. The van der Waals surface area contributed by atoms with E-state index in [4.69, 9.17) is 0 Å². The second-order valence-electron chi connectivity index (χ2n) is 7.11. The van der Waals surface area contributed by atoms with Crippen molar-refractivity contribution in [2.24, 2.45) is 0 Å². The Bertz CT molecular complexity index is 977. The van der Waals surface area contributed by atoms with Gasteiger partial charge in [0, 0.05) is 58.2 Å². The standard InChI is InChI=1S/C21H26N4OS2/c1-14-5-6-15(10-22-14)9-16-11-23-20(24-21(16)26)8-7-17-18(12-25(2)3)28-13-19(17)27-4/h5-6,10-11,13H,7-9,12H2,1-4H3,(H,23,24,26). The van der Waals surface area contributed by atoms with E-state index in [1.165, 1.54) is 15.3 Å². The maximum absolute atomic E-state index is 12.5. The minimum absolute atomic E-state index is 0.0606. The zero-order chi connectivity index (χ0) is 20.1. The van der Waals surface area contributed by atoms with Crippen molar-refractivity contribution >= 4 is 23.1 Å². The number of aromatic nitrogens is 3. The van der Waals surface area contributed by atoms with Gasteiger partial charge in [0.15, 0.2) is 0 Å². The SMILES string of the molecule is CSc1csc(CN(C)C)c1CCc1ncc(Cc2ccc(C)nc2)c(=O)[nH]1. The van der Waals surface area contributed by atoms with Crippen LogP contribution in [0.25, 0.3) is 0 Å². The van der Waals surface area contributed by atoms with Crippen LogP contribution in [-0.4, -0.2) is 40.2 Å². The number of hydrogen-bond acceptors (Lipinski definition) is 6. The summed E-state index contributed by atoms with van der Waals surface area (Å²) in [5.41, 5.74) is 3.97. The number of thiophene rings is 1. The van der Waals surface area contributed by atoms with Crippen LogP contribution in [0.15, 0.2) is 39.6 Å². The maximum Gasteiger partial charge on any atom is 0.254 e. The van der Waals surface area contributed by atoms with Crippen LogP contribution in [0, 0.1) is 6.92 Å². The van der Waals surface area contributed by atoms with Crippen LogP contribution in [0.3, 0.4) is 0 Å². The lowest BCUT2D eigenvalue weighted by Gasteiger charge is -2.11. The lowest BCUT2D eigenvalue weighted by Crippen LogP contribution is -2.17. The van der Waals surface area contributed by atoms with Crippen molar-refractivity contribution in [1.82, 2.24) is 19.9 Å². The van der Waals surface area contributed by atoms with Gasteiger partial charge in [-0.15, -0.1) is 23.1 Å². The number of rotatable bonds is 8. The van der Waals surface area contributed by atoms with E-state index in [0.29, 0.717) is 12.0 Å². The Kier molecular flexibility index (Phi) is 7.04. The van der Waals surface area contributed by atoms with Gasteiger partial charge in [0.05, 0.1) is 0 Å². The number of hydrogen-bond donors (Lipinski definition) is 1. The van der Waals surface area contributed by atoms with Gasteiger partial charge in [-0.1, -0.05) is 6.07 Å². The fraction of sp³-hybridized carbons (Fsp3) is 0.381. The summed E-state index contributed by atoms with van der Waals surface area (Å²) in [5, 5.41) is 2.23. The van der Waals surface area contributed by atoms with E-state index in [1.54, 1.807) is 18.0 Å². The Morgan fingerprint density at radius 1 is 1.18 bits per heavy atom. The number of thioether (sulfide) groups is 1. The predicted molar refractivity (Wildman–Crippen MR) is 118 cm³/mol. The van der Waals surface area contributed by atoms with E-state index in [9.17, 15) is 4.79 Å². The molecule has 0 atom stereocenters. The fourth-order valence-corrected chi connectivity index (χ4v) is 5.18. The van der Waals surface area contributed by atoms with E-state index < -0.39 is 0 Å². The van der Waals surface area contributed by atoms with Crippen molar-refractivity contribution in [3.63, 3.8) is 0 Å². The molecule has 0 aliphatic carbocycles. The highest BCUT2D eigenvalue weighted by molar-refractivity contribution is 7.98. The molecular weight excluding hydrogens is 388 g/mol. The molecule has 3 rings (SSSR count). The Morgan fingerprint density at radius 3 is 2.64 bits per heavy atom. The molecule has 0 spiro atoms. The third-order valence-corrected chi connectivity index (χ3v) is 6.49. The minimum atomic E-state index is -0.0606. The topological polar surface area (TPSA) is 61.9 Å². The molecule has 3 aromatic heterocycles. The largest absolute Gasteiger partial charge is 0.310 e. The van der Waals surface area contributed by atoms with E-state index in [-0.39, 0.29) is 5.56 Å². The summed E-state index contributed by atoms with van der Waals surface area (Å²) in [7, 11) is 4.17. The normalized spacial score (nSPS) is 11.3. The molecule has 28 heavy (non-hydrogen) atoms. The van der Waals surface area contributed by atoms with E-state index in [0.717, 1.165) is 36.5 Å². The van der Waals surface area contributed by atoms with Gasteiger partial charge in [-0.2, -0.15) is 0 Å². The molecule has 0 aromatic carbocycles. The summed E-state index contributed by atoms with van der Waals surface area (Å²) >= 11 is 3.59. The molecule has 0 saturated carbocycles. The van der Waals surface area contributed by atoms with Crippen molar-refractivity contribution in [3.8, 4) is 0 Å². The number of pyridine rings is 1. The molecule has 0 aliphatic rings. The van der Waals surface area contributed by atoms with Crippen LogP contribution in [0.5, 0.6) is 0 Å². The molecule has 0 fully saturated rings. The number of nitrogens with one attached hydrogen (secondary N) is 1. The molecule has 5 nitrogen and oxygen atoms in total. The molecular formula is C21H26N4OS2. The van der Waals surface area contributed by atoms with Gasteiger partial charge in [-0.25, -0.2) is 4.98 Å². The number of aryl methyl sites for hydroxylation is 2. The first-order valence-corrected chi connectivity index (χ1v) is 11.3. The second kappa shape index (κ2) is 9.49. The van der Waals surface area contributed by atoms with E-state index in [1.807, 2.05) is 36.6 Å². The van der Waals surface area contributed by atoms with Crippen molar-refractivity contribution in [2.75, 3.05) is 20.4 Å². The third kappa shape index (κ3) is 5.31. The van der Waals surface area contributed by atoms with Gasteiger partial charge in [0.2, 0.25) is 0 Å². The highest BCUT2D eigenvalue weighted by atomic mass is 32.2. The first-order valence-electron chi connectivity index (χ1n) is 9.23. The molecule has 0 bridgehead atoms. The Morgan fingerprint density at radius 2 is 2.00 bits per heavy atom. The lowest BCUT2D eigenvalue weighted by molar-refractivity contribution is 0.404. The molecule has 7 heteroatoms. The monoisotopic (exact) mass is 414 g/mol. The first-order chi connectivity index (χ1) is 13.5. The van der Waals surface area contributed by atoms with E-state index in [2.05, 4.69) is 45.6 Å². The molecule has 3 aromatic rings. The van der Waals surface area contributed by atoms with Crippen LogP contribution < -0.4 is 5.56 Å². The molecule has 0 amide bonds. The van der Waals surface area contributed by atoms with Gasteiger partial charge >= 0.3 is 0 Å². The second-order valence-corrected chi connectivity index (χ2v) is 8.92. The highest BCUT2D eigenvalue weighted by Crippen LogP contribution is 2.31. The zero-order valence-electron chi connectivity index (χ0n) is 16.8. The quantitative estimate of drug-likeness (QED) is 0.570. The average molecular weight is 415 g/mol. The molecule has 0 radical (unpaired) electrons. The van der Waals surface area contributed by atoms with Crippen molar-refractivity contribution < 1.29 is 0 Å². The summed E-state index contributed by atoms with van der Waals surface area (Å²) in [6, 6.07) is 3.96. The molecule has 0 saturated heterocycles. The zero-order valence-corrected chi connectivity index (χ0v) is 18.4. The molecule has 0 aliphatic heterocycles. The smallest absolute Gasteiger partial charge is 0.254 e. The lowest BCUT2D eigenvalue weighted by atomic mass is 10.1. The summed E-state index contributed by atoms with van der Waals surface area (Å²) in [4.78, 5) is 29.2. The highest BCUT2D eigenvalue weighted by Gasteiger charge is 2.13. The fourth-order valence-electron chi connectivity index (χ4n) is 3.04. The number of aromatic amines is 1. The van der Waals surface area contributed by atoms with Crippen LogP contribution in [0.2, 0.25) is 0 Å². The minimum Gasteiger partial charge on any atom is -0.310 e. The predicted octanol–water partition coefficient (Wildman–Crippen LogP) is 3.69. The van der Waals surface area contributed by atoms with Crippen LogP contribution in [0.4, 0.5) is 0 Å². The van der Waals surface area contributed by atoms with E-state index >= 15 is 0 Å². The van der Waals surface area contributed by atoms with Crippen LogP contribution in [-0.2, 0) is 25.8 Å². The number of nitrogens with zero attached hydrogens (tertiary/aromatic N) is 3. The summed E-state index contributed by atoms with van der Waals surface area (Å²) in [6.07, 6.45) is 7.79. The van der Waals surface area contributed by atoms with Crippen molar-refractivity contribution in [3.05, 3.63) is 73.3 Å². The Hall–Kier alpha value is -1.96. The summed E-state index contributed by atoms with van der Waals surface area (Å²) in [6.45, 7) is 2.89. The van der Waals surface area contributed by atoms with Crippen LogP contribution in [0.1, 0.15) is 33.1 Å². The van der Waals surface area contributed by atoms with Gasteiger partial charge in [0.1, 0.15) is 5.82 Å². The van der Waals surface area contributed by atoms with Crippen molar-refractivity contribution in [2.45, 2.75) is 37.6 Å². The van der Waals surface area contributed by atoms with Gasteiger partial charge in [-0.05, 0) is 50.9 Å². The Labute approximate surface area is 174 Å². The number of H-pyrrole nitrogens is 1. The Balaban J connectivity index is 1.71. The first kappa shape index (κ1) is 20.8. The van der Waals surface area contributed by atoms with Crippen molar-refractivity contribution in [1.29, 1.82) is 0 Å². The van der Waals surface area contributed by atoms with Gasteiger partial charge in [-0.3, -0.25) is 9.78 Å². The van der Waals surface area contributed by atoms with Gasteiger partial charge in [0.25, 0.3) is 5.56 Å². The summed E-state index contributed by atoms with van der Waals surface area (Å²) < 4.78 is 0. The van der Waals surface area contributed by atoms with Gasteiger partial charge < -0.3 is 9.88 Å².